The van der Waals surface area contributed by atoms with Crippen molar-refractivity contribution in [2.24, 2.45) is 0 Å². The van der Waals surface area contributed by atoms with E-state index in [9.17, 15) is 4.79 Å². The minimum atomic E-state index is 0.107. The molecule has 0 bridgehead atoms. The van der Waals surface area contributed by atoms with E-state index < -0.39 is 0 Å². The third kappa shape index (κ3) is 2.14. The zero-order chi connectivity index (χ0) is 11.5. The number of piperidine rings is 1. The van der Waals surface area contributed by atoms with Gasteiger partial charge in [-0.25, -0.2) is 0 Å². The molecule has 0 spiro atoms. The summed E-state index contributed by atoms with van der Waals surface area (Å²) in [7, 11) is 0. The summed E-state index contributed by atoms with van der Waals surface area (Å²) in [5.74, 6) is 0.107. The monoisotopic (exact) mass is 285 g/mol. The molecule has 1 aliphatic heterocycles. The molecule has 1 aromatic rings. The van der Waals surface area contributed by atoms with E-state index in [1.807, 2.05) is 11.8 Å². The number of hydrogen-bond acceptors (Lipinski definition) is 2. The van der Waals surface area contributed by atoms with Crippen LogP contribution in [0.15, 0.2) is 6.20 Å². The van der Waals surface area contributed by atoms with Crippen molar-refractivity contribution in [3.8, 4) is 0 Å². The Morgan fingerprint density at radius 3 is 3.12 bits per heavy atom. The molecule has 16 heavy (non-hydrogen) atoms. The molecule has 0 saturated carbocycles. The van der Waals surface area contributed by atoms with E-state index in [0.29, 0.717) is 11.6 Å². The fraction of sp³-hybridized carbons (Fsp3) is 0.636. The molecule has 0 aromatic carbocycles. The summed E-state index contributed by atoms with van der Waals surface area (Å²) in [5, 5.41) is 7.57. The summed E-state index contributed by atoms with van der Waals surface area (Å²) < 4.78 is 0. The first kappa shape index (κ1) is 11.6. The number of rotatable bonds is 2. The Kier molecular flexibility index (Phi) is 3.63. The van der Waals surface area contributed by atoms with Crippen molar-refractivity contribution in [1.29, 1.82) is 0 Å². The number of halogens is 1. The molecule has 88 valence electrons. The minimum absolute atomic E-state index is 0.107. The van der Waals surface area contributed by atoms with Crippen molar-refractivity contribution in [3.05, 3.63) is 17.5 Å². The van der Waals surface area contributed by atoms with Crippen LogP contribution in [0.25, 0.3) is 0 Å². The van der Waals surface area contributed by atoms with Gasteiger partial charge in [-0.05, 0) is 26.2 Å². The molecule has 1 amide bonds. The SMILES string of the molecule is Cc1[nH]ncc1C(=O)N1CCCCC1CBr. The smallest absolute Gasteiger partial charge is 0.257 e. The summed E-state index contributed by atoms with van der Waals surface area (Å²) in [5.41, 5.74) is 1.55. The van der Waals surface area contributed by atoms with Crippen molar-refractivity contribution >= 4 is 21.8 Å². The van der Waals surface area contributed by atoms with Crippen LogP contribution in [0.2, 0.25) is 0 Å². The molecule has 0 radical (unpaired) electrons. The van der Waals surface area contributed by atoms with E-state index in [0.717, 1.165) is 30.4 Å². The van der Waals surface area contributed by atoms with Gasteiger partial charge in [0.25, 0.3) is 5.91 Å². The molecule has 1 unspecified atom stereocenters. The first-order chi connectivity index (χ1) is 7.74. The second-order valence-electron chi connectivity index (χ2n) is 4.21. The summed E-state index contributed by atoms with van der Waals surface area (Å²) in [6.07, 6.45) is 5.03. The van der Waals surface area contributed by atoms with Crippen molar-refractivity contribution in [2.75, 3.05) is 11.9 Å². The molecule has 4 nitrogen and oxygen atoms in total. The zero-order valence-corrected chi connectivity index (χ0v) is 11.0. The van der Waals surface area contributed by atoms with Gasteiger partial charge in [-0.1, -0.05) is 15.9 Å². The number of alkyl halides is 1. The summed E-state index contributed by atoms with van der Waals surface area (Å²) in [4.78, 5) is 14.3. The van der Waals surface area contributed by atoms with E-state index in [1.165, 1.54) is 6.42 Å². The van der Waals surface area contributed by atoms with Gasteiger partial charge in [0, 0.05) is 23.6 Å². The molecule has 1 saturated heterocycles. The van der Waals surface area contributed by atoms with E-state index in [4.69, 9.17) is 0 Å². The van der Waals surface area contributed by atoms with Crippen LogP contribution in [-0.2, 0) is 0 Å². The number of aryl methyl sites for hydroxylation is 1. The van der Waals surface area contributed by atoms with Gasteiger partial charge in [-0.3, -0.25) is 9.89 Å². The molecule has 1 atom stereocenters. The lowest BCUT2D eigenvalue weighted by Crippen LogP contribution is -2.44. The number of amides is 1. The van der Waals surface area contributed by atoms with Crippen LogP contribution in [0.3, 0.4) is 0 Å². The van der Waals surface area contributed by atoms with Crippen LogP contribution in [0.5, 0.6) is 0 Å². The quantitative estimate of drug-likeness (QED) is 0.846. The van der Waals surface area contributed by atoms with E-state index in [2.05, 4.69) is 26.1 Å². The Balaban J connectivity index is 2.17. The fourth-order valence-electron chi connectivity index (χ4n) is 2.15. The average Bonchev–Trinajstić information content (AvgIpc) is 2.74. The second kappa shape index (κ2) is 4.99. The molecule has 1 fully saturated rings. The third-order valence-electron chi connectivity index (χ3n) is 3.13. The van der Waals surface area contributed by atoms with Gasteiger partial charge < -0.3 is 4.90 Å². The maximum Gasteiger partial charge on any atom is 0.257 e. The average molecular weight is 286 g/mol. The number of likely N-dealkylation sites (tertiary alicyclic amines) is 1. The van der Waals surface area contributed by atoms with Crippen LogP contribution in [0, 0.1) is 6.92 Å². The Labute approximate surface area is 104 Å². The van der Waals surface area contributed by atoms with Gasteiger partial charge in [0.15, 0.2) is 0 Å². The zero-order valence-electron chi connectivity index (χ0n) is 9.37. The van der Waals surface area contributed by atoms with E-state index in [-0.39, 0.29) is 5.91 Å². The highest BCUT2D eigenvalue weighted by atomic mass is 79.9. The number of hydrogen-bond donors (Lipinski definition) is 1. The first-order valence-electron chi connectivity index (χ1n) is 5.61. The normalized spacial score (nSPS) is 21.1. The molecular formula is C11H16BrN3O. The molecular weight excluding hydrogens is 270 g/mol. The van der Waals surface area contributed by atoms with Gasteiger partial charge >= 0.3 is 0 Å². The topological polar surface area (TPSA) is 49.0 Å². The highest BCUT2D eigenvalue weighted by Gasteiger charge is 2.27. The van der Waals surface area contributed by atoms with Crippen molar-refractivity contribution in [2.45, 2.75) is 32.2 Å². The molecule has 0 aliphatic carbocycles. The van der Waals surface area contributed by atoms with Crippen LogP contribution in [0.4, 0.5) is 0 Å². The Bertz CT molecular complexity index is 377. The van der Waals surface area contributed by atoms with Gasteiger partial charge in [0.2, 0.25) is 0 Å². The van der Waals surface area contributed by atoms with Crippen LogP contribution in [-0.4, -0.2) is 38.9 Å². The predicted octanol–water partition coefficient (Wildman–Crippen LogP) is 2.11. The highest BCUT2D eigenvalue weighted by Crippen LogP contribution is 2.21. The van der Waals surface area contributed by atoms with Gasteiger partial charge in [0.05, 0.1) is 11.8 Å². The largest absolute Gasteiger partial charge is 0.335 e. The molecule has 1 aromatic heterocycles. The van der Waals surface area contributed by atoms with E-state index >= 15 is 0 Å². The standard InChI is InChI=1S/C11H16BrN3O/c1-8-10(7-13-14-8)11(16)15-5-3-2-4-9(15)6-12/h7,9H,2-6H2,1H3,(H,13,14). The fourth-order valence-corrected chi connectivity index (χ4v) is 2.82. The maximum atomic E-state index is 12.3. The number of carbonyl (C=O) groups is 1. The highest BCUT2D eigenvalue weighted by molar-refractivity contribution is 9.09. The number of H-pyrrole nitrogens is 1. The van der Waals surface area contributed by atoms with E-state index in [1.54, 1.807) is 6.20 Å². The van der Waals surface area contributed by atoms with Crippen molar-refractivity contribution in [1.82, 2.24) is 15.1 Å². The summed E-state index contributed by atoms with van der Waals surface area (Å²) in [6, 6.07) is 0.329. The molecule has 2 rings (SSSR count). The third-order valence-corrected chi connectivity index (χ3v) is 3.87. The number of nitrogens with zero attached hydrogens (tertiary/aromatic N) is 2. The summed E-state index contributed by atoms with van der Waals surface area (Å²) in [6.45, 7) is 2.74. The number of aromatic nitrogens is 2. The van der Waals surface area contributed by atoms with Crippen molar-refractivity contribution in [3.63, 3.8) is 0 Å². The van der Waals surface area contributed by atoms with Crippen LogP contribution < -0.4 is 0 Å². The summed E-state index contributed by atoms with van der Waals surface area (Å²) >= 11 is 3.48. The number of nitrogens with one attached hydrogen (secondary N) is 1. The number of aromatic amines is 1. The Morgan fingerprint density at radius 2 is 2.50 bits per heavy atom. The minimum Gasteiger partial charge on any atom is -0.335 e. The molecule has 5 heteroatoms. The number of carbonyl (C=O) groups excluding carboxylic acids is 1. The first-order valence-corrected chi connectivity index (χ1v) is 6.73. The lowest BCUT2D eigenvalue weighted by Gasteiger charge is -2.34. The molecule has 1 aliphatic rings. The lowest BCUT2D eigenvalue weighted by atomic mass is 10.0. The Hall–Kier alpha value is -0.840. The molecule has 2 heterocycles. The van der Waals surface area contributed by atoms with Gasteiger partial charge in [0.1, 0.15) is 0 Å². The maximum absolute atomic E-state index is 12.3. The Morgan fingerprint density at radius 1 is 1.69 bits per heavy atom. The van der Waals surface area contributed by atoms with Crippen LogP contribution >= 0.6 is 15.9 Å². The predicted molar refractivity (Wildman–Crippen MR) is 65.8 cm³/mol. The second-order valence-corrected chi connectivity index (χ2v) is 4.86. The molecule has 1 N–H and O–H groups in total. The van der Waals surface area contributed by atoms with Crippen molar-refractivity contribution < 1.29 is 4.79 Å². The lowest BCUT2D eigenvalue weighted by molar-refractivity contribution is 0.0641. The van der Waals surface area contributed by atoms with Gasteiger partial charge in [-0.15, -0.1) is 0 Å². The van der Waals surface area contributed by atoms with Gasteiger partial charge in [-0.2, -0.15) is 5.10 Å². The van der Waals surface area contributed by atoms with Crippen LogP contribution in [0.1, 0.15) is 35.3 Å².